The third-order valence-corrected chi connectivity index (χ3v) is 14.4. The number of amides is 3. The second-order valence-corrected chi connectivity index (χ2v) is 22.0. The van der Waals surface area contributed by atoms with Crippen LogP contribution in [0.15, 0.2) is 140 Å². The van der Waals surface area contributed by atoms with Gasteiger partial charge in [-0.05, 0) is 92.2 Å². The number of esters is 1. The average molecular weight is 1630 g/mol. The van der Waals surface area contributed by atoms with E-state index in [1.54, 1.807) is 29.6 Å². The van der Waals surface area contributed by atoms with E-state index in [4.69, 9.17) is 5.11 Å². The predicted molar refractivity (Wildman–Crippen MR) is 344 cm³/mol. The summed E-state index contributed by atoms with van der Waals surface area (Å²) in [6, 6.07) is 22.9. The van der Waals surface area contributed by atoms with Crippen LogP contribution in [0.3, 0.4) is 0 Å². The molecule has 115 heavy (non-hydrogen) atoms. The Balaban J connectivity index is 0.000000261. The maximum Gasteiger partial charge on any atom is 0.421 e. The van der Waals surface area contributed by atoms with Crippen LogP contribution in [0.1, 0.15) is 111 Å². The number of rotatable bonds is 19. The Morgan fingerprint density at radius 1 is 0.391 bits per heavy atom. The summed E-state index contributed by atoms with van der Waals surface area (Å²) in [5.74, 6) is -39.8. The molecular formula is C67H34F13N8O27-5. The number of carboxylic acids is 5. The van der Waals surface area contributed by atoms with Gasteiger partial charge >= 0.3 is 18.1 Å². The molecule has 9 aromatic carbocycles. The summed E-state index contributed by atoms with van der Waals surface area (Å²) >= 11 is 0. The van der Waals surface area contributed by atoms with Crippen molar-refractivity contribution < 1.29 is 165 Å². The Morgan fingerprint density at radius 2 is 0.704 bits per heavy atom. The molecule has 5 N–H and O–H groups in total. The van der Waals surface area contributed by atoms with Crippen molar-refractivity contribution in [3.05, 3.63) is 309 Å². The van der Waals surface area contributed by atoms with E-state index < -0.39 is 238 Å². The van der Waals surface area contributed by atoms with Crippen LogP contribution in [-0.2, 0) is 5.60 Å². The minimum atomic E-state index is -4.92. The fourth-order valence-corrected chi connectivity index (χ4v) is 8.67. The molecule has 35 nitrogen and oxygen atoms in total. The molecule has 0 saturated carbocycles. The van der Waals surface area contributed by atoms with E-state index in [0.717, 1.165) is 84.4 Å². The van der Waals surface area contributed by atoms with Gasteiger partial charge in [-0.1, -0.05) is 41.6 Å². The monoisotopic (exact) mass is 1630 g/mol. The highest BCUT2D eigenvalue weighted by Gasteiger charge is 2.51. The molecule has 0 radical (unpaired) electrons. The highest BCUT2D eigenvalue weighted by Crippen LogP contribution is 2.39. The van der Waals surface area contributed by atoms with Crippen LogP contribution in [0.25, 0.3) is 0 Å². The van der Waals surface area contributed by atoms with Crippen molar-refractivity contribution in [2.75, 3.05) is 16.0 Å². The molecule has 600 valence electrons. The minimum Gasteiger partial charge on any atom is -0.872 e. The topological polar surface area (TPSA) is 570 Å². The molecule has 0 aliphatic carbocycles. The number of nitro benzene ring substituents is 5. The molecule has 0 fully saturated rings. The number of non-ortho nitro benzene ring substituents is 1. The Bertz CT molecular complexity index is 5310. The number of hydrogen-bond donors (Lipinski definition) is 5. The van der Waals surface area contributed by atoms with Crippen molar-refractivity contribution in [3.8, 4) is 11.5 Å². The highest BCUT2D eigenvalue weighted by atomic mass is 19.4. The molecule has 0 spiro atoms. The van der Waals surface area contributed by atoms with Crippen molar-refractivity contribution in [1.29, 1.82) is 0 Å². The second-order valence-electron chi connectivity index (χ2n) is 22.0. The van der Waals surface area contributed by atoms with Gasteiger partial charge in [-0.2, -0.15) is 13.2 Å². The highest BCUT2D eigenvalue weighted by molar-refractivity contribution is 6.07. The fraction of sp³-hybridized carbons (Fsp3) is 0.0597. The van der Waals surface area contributed by atoms with Crippen LogP contribution in [0.2, 0.25) is 0 Å². The number of benzene rings is 9. The molecule has 9 rings (SSSR count). The quantitative estimate of drug-likeness (QED) is 0.00986. The molecule has 0 aliphatic rings. The van der Waals surface area contributed by atoms with Crippen LogP contribution in [0, 0.1) is 116 Å². The van der Waals surface area contributed by atoms with Gasteiger partial charge in [0.15, 0.2) is 52.1 Å². The summed E-state index contributed by atoms with van der Waals surface area (Å²) < 4.78 is 175. The number of nitro groups is 5. The zero-order valence-electron chi connectivity index (χ0n) is 56.0. The van der Waals surface area contributed by atoms with Gasteiger partial charge in [-0.15, -0.1) is 0 Å². The van der Waals surface area contributed by atoms with Crippen molar-refractivity contribution in [2.45, 2.75) is 25.6 Å². The largest absolute Gasteiger partial charge is 0.872 e. The van der Waals surface area contributed by atoms with Gasteiger partial charge in [-0.3, -0.25) is 65.0 Å². The van der Waals surface area contributed by atoms with Crippen LogP contribution < -0.4 is 46.2 Å². The number of hydrogen-bond acceptors (Lipinski definition) is 26. The van der Waals surface area contributed by atoms with Crippen molar-refractivity contribution >= 4 is 99.0 Å². The third kappa shape index (κ3) is 21.7. The van der Waals surface area contributed by atoms with Crippen molar-refractivity contribution in [1.82, 2.24) is 0 Å². The summed E-state index contributed by atoms with van der Waals surface area (Å²) in [6.07, 6.45) is -4.92. The molecule has 0 saturated heterocycles. The fourth-order valence-electron chi connectivity index (χ4n) is 8.67. The van der Waals surface area contributed by atoms with E-state index in [1.807, 2.05) is 6.92 Å². The smallest absolute Gasteiger partial charge is 0.421 e. The van der Waals surface area contributed by atoms with Gasteiger partial charge in [0, 0.05) is 64.6 Å². The lowest BCUT2D eigenvalue weighted by atomic mass is 9.94. The second kappa shape index (κ2) is 37.0. The van der Waals surface area contributed by atoms with E-state index in [0.29, 0.717) is 42.8 Å². The normalized spacial score (nSPS) is 11.0. The van der Waals surface area contributed by atoms with Crippen molar-refractivity contribution in [2.24, 2.45) is 0 Å². The number of aryl methyl sites for hydroxylation is 1. The van der Waals surface area contributed by atoms with Gasteiger partial charge in [0.25, 0.3) is 46.2 Å². The van der Waals surface area contributed by atoms with E-state index in [2.05, 4.69) is 15.4 Å². The van der Waals surface area contributed by atoms with Gasteiger partial charge in [0.2, 0.25) is 11.6 Å². The number of nitrogens with zero attached hydrogens (tertiary/aromatic N) is 5. The first-order chi connectivity index (χ1) is 53.4. The van der Waals surface area contributed by atoms with Gasteiger partial charge in [0.05, 0.1) is 76.3 Å². The van der Waals surface area contributed by atoms with Gasteiger partial charge in [-0.25, -0.2) is 53.5 Å². The number of halogens is 13. The van der Waals surface area contributed by atoms with E-state index in [9.17, 15) is 181 Å². The summed E-state index contributed by atoms with van der Waals surface area (Å²) in [5.41, 5.74) is -14.0. The van der Waals surface area contributed by atoms with Gasteiger partial charge < -0.3 is 75.6 Å². The lowest BCUT2D eigenvalue weighted by molar-refractivity contribution is -0.386. The number of anilines is 3. The van der Waals surface area contributed by atoms with Crippen LogP contribution in [-0.4, -0.2) is 94.5 Å². The van der Waals surface area contributed by atoms with E-state index >= 15 is 0 Å². The molecule has 9 aromatic rings. The number of carboxylic acid groups (broad SMARTS) is 5. The standard InChI is InChI=1S/C17H13F3N2O6.C15H12N2O5.C14H5F5N2O5.C14H4F5NO6.C7H5NO5/c1-16(26,17(18,19)20)10-4-2-9(3-5-10)14(23)21-11-6-7-13(22(27)28)12(8-11)15(24)25;1-9-2-4-10(5-3-9)14(18)16-11-6-7-13(17(21)22)12(8-11)15(19)20;15-8-7(9(16)11(18)12(19)10(8)17)13(22)20-4-1-2-6(21(25)26)5(3-4)14(23)24;15-8-7(9(16)11(18)12(19)10(8)17)14(23)26-4-1-2-6(20(24)25)5(3-4)13(21)22;9-6-2-1-4(8(12)13)3-5(6)7(10)11/h2-8,26H,1H3,(H,21,23)(H,24,25);2-8H,1H3,(H,16,18)(H,19,20);1-3H,(H,20,22)(H,23,24);1-3H,(H,21,22);1-3,9H,(H,10,11)/p-5. The molecule has 0 heterocycles. The first kappa shape index (κ1) is 89.7. The maximum atomic E-state index is 13.6. The van der Waals surface area contributed by atoms with E-state index in [-0.39, 0.29) is 16.9 Å². The first-order valence-electron chi connectivity index (χ1n) is 29.7. The number of carbonyl (C=O) groups is 9. The Kier molecular flexibility index (Phi) is 28.8. The molecule has 0 aromatic heterocycles. The molecule has 1 unspecified atom stereocenters. The Hall–Kier alpha value is -15.9. The van der Waals surface area contributed by atoms with Crippen molar-refractivity contribution in [3.63, 3.8) is 0 Å². The minimum absolute atomic E-state index is 0.0879. The van der Waals surface area contributed by atoms with Crippen LogP contribution in [0.5, 0.6) is 11.5 Å². The molecular weight excluding hydrogens is 1600 g/mol. The molecule has 0 aliphatic heterocycles. The zero-order chi connectivity index (χ0) is 87.1. The lowest BCUT2D eigenvalue weighted by Gasteiger charge is -2.26. The predicted octanol–water partition coefficient (Wildman–Crippen LogP) is 7.65. The molecule has 0 bridgehead atoms. The zero-order valence-corrected chi connectivity index (χ0v) is 56.0. The maximum absolute atomic E-state index is 13.6. The Morgan fingerprint density at radius 3 is 1.03 bits per heavy atom. The number of ether oxygens (including phenoxy) is 1. The summed E-state index contributed by atoms with van der Waals surface area (Å²) in [4.78, 5) is 150. The molecule has 3 amide bonds. The number of nitrogens with one attached hydrogen (secondary N) is 3. The molecule has 48 heteroatoms. The third-order valence-electron chi connectivity index (χ3n) is 14.4. The number of alkyl halides is 3. The average Bonchev–Trinajstić information content (AvgIpc) is 0.800. The van der Waals surface area contributed by atoms with Gasteiger partial charge in [0.1, 0.15) is 16.9 Å². The molecule has 1 atom stereocenters. The SMILES string of the molecule is CC(O)(c1ccc(C(=O)Nc2ccc([N+](=O)[O-])c(C(=O)[O-])c2)cc1)C(F)(F)F.Cc1ccc(C(=O)Nc2ccc([N+](=O)[O-])c(C(=O)[O-])c2)cc1.O=C(O)c1cc([N+](=O)[O-])ccc1[O-].O=C([O-])c1cc(NC(=O)c2c(F)c(F)c(F)c(F)c2F)ccc1[N+](=O)[O-].O=C([O-])c1cc(OC(=O)c2c(F)c(F)c(F)c(F)c2F)ccc1[N+](=O)[O-]. The lowest BCUT2D eigenvalue weighted by Crippen LogP contribution is -2.39. The number of aliphatic hydroxyl groups is 1. The first-order valence-corrected chi connectivity index (χ1v) is 29.7. The number of aromatic carboxylic acids is 5. The summed E-state index contributed by atoms with van der Waals surface area (Å²) in [6.45, 7) is 2.45. The number of carbonyl (C=O) groups excluding carboxylic acids is 8. The summed E-state index contributed by atoms with van der Waals surface area (Å²) in [7, 11) is 0. The summed E-state index contributed by atoms with van der Waals surface area (Å²) in [5, 5.41) is 132. The van der Waals surface area contributed by atoms with Crippen LogP contribution >= 0.6 is 0 Å². The van der Waals surface area contributed by atoms with Crippen LogP contribution in [0.4, 0.5) is 103 Å². The Labute approximate surface area is 625 Å². The van der Waals surface area contributed by atoms with E-state index in [1.165, 1.54) is 6.07 Å².